The van der Waals surface area contributed by atoms with Crippen LogP contribution < -0.4 is 0 Å². The van der Waals surface area contributed by atoms with E-state index in [1.165, 1.54) is 0 Å². The van der Waals surface area contributed by atoms with Crippen LogP contribution in [0.5, 0.6) is 0 Å². The molecular weight excluding hydrogens is 640 g/mol. The van der Waals surface area contributed by atoms with Crippen molar-refractivity contribution in [1.82, 2.24) is 0 Å². The summed E-state index contributed by atoms with van der Waals surface area (Å²) in [6, 6.07) is 0. The van der Waals surface area contributed by atoms with Gasteiger partial charge in [0.25, 0.3) is 0 Å². The van der Waals surface area contributed by atoms with Gasteiger partial charge in [-0.2, -0.15) is 0 Å². The van der Waals surface area contributed by atoms with E-state index in [2.05, 4.69) is 0 Å². The smallest absolute Gasteiger partial charge is 0.305 e. The van der Waals surface area contributed by atoms with Crippen LogP contribution in [0.25, 0.3) is 0 Å². The van der Waals surface area contributed by atoms with Crippen LogP contribution in [0.1, 0.15) is 55.4 Å². The summed E-state index contributed by atoms with van der Waals surface area (Å²) in [5.41, 5.74) is 0. The number of hydrogen-bond donors (Lipinski definition) is 0. The molecule has 19 nitrogen and oxygen atoms in total. The van der Waals surface area contributed by atoms with Gasteiger partial charge in [0.1, 0.15) is 18.8 Å². The first-order chi connectivity index (χ1) is 21.9. The predicted octanol–water partition coefficient (Wildman–Crippen LogP) is -0.831. The van der Waals surface area contributed by atoms with E-state index in [9.17, 15) is 38.4 Å². The minimum atomic E-state index is -1.71. The van der Waals surface area contributed by atoms with Crippen molar-refractivity contribution in [2.75, 3.05) is 13.2 Å². The molecule has 0 aromatic rings. The van der Waals surface area contributed by atoms with Gasteiger partial charge in [-0.3, -0.25) is 38.4 Å². The molecule has 0 unspecified atom stereocenters. The fraction of sp³-hybridized carbons (Fsp3) is 0.714. The molecule has 2 aliphatic rings. The molecule has 2 rings (SSSR count). The van der Waals surface area contributed by atoms with E-state index in [0.717, 1.165) is 55.4 Å². The maximum Gasteiger partial charge on any atom is 0.305 e. The Labute approximate surface area is 268 Å². The topological polar surface area (TPSA) is 238 Å². The van der Waals surface area contributed by atoms with Crippen molar-refractivity contribution >= 4 is 47.8 Å². The predicted molar refractivity (Wildman–Crippen MR) is 145 cm³/mol. The monoisotopic (exact) mass is 678 g/mol. The van der Waals surface area contributed by atoms with Gasteiger partial charge < -0.3 is 52.1 Å². The second-order valence-corrected chi connectivity index (χ2v) is 10.3. The molecule has 0 spiro atoms. The normalized spacial score (nSPS) is 30.0. The molecule has 2 aliphatic heterocycles. The summed E-state index contributed by atoms with van der Waals surface area (Å²) in [6.45, 7) is 7.09. The first-order valence-corrected chi connectivity index (χ1v) is 14.2. The minimum Gasteiger partial charge on any atom is -0.463 e. The van der Waals surface area contributed by atoms with Gasteiger partial charge in [-0.05, 0) is 0 Å². The molecule has 0 aliphatic carbocycles. The second-order valence-electron chi connectivity index (χ2n) is 10.3. The van der Waals surface area contributed by atoms with Crippen LogP contribution in [0, 0.1) is 0 Å². The van der Waals surface area contributed by atoms with Gasteiger partial charge in [0.05, 0.1) is 6.61 Å². The van der Waals surface area contributed by atoms with Crippen LogP contribution in [0.15, 0.2) is 0 Å². The average Bonchev–Trinajstić information content (AvgIpc) is 2.91. The van der Waals surface area contributed by atoms with E-state index in [1.54, 1.807) is 0 Å². The van der Waals surface area contributed by atoms with Crippen LogP contribution in [0.4, 0.5) is 0 Å². The van der Waals surface area contributed by atoms with Crippen LogP contribution in [-0.4, -0.2) is 122 Å². The Morgan fingerprint density at radius 1 is 0.383 bits per heavy atom. The van der Waals surface area contributed by atoms with E-state index < -0.39 is 122 Å². The van der Waals surface area contributed by atoms with Crippen molar-refractivity contribution in [3.63, 3.8) is 0 Å². The first-order valence-electron chi connectivity index (χ1n) is 14.2. The summed E-state index contributed by atoms with van der Waals surface area (Å²) in [5, 5.41) is 0. The van der Waals surface area contributed by atoms with Crippen LogP contribution >= 0.6 is 0 Å². The van der Waals surface area contributed by atoms with Crippen LogP contribution in [-0.2, 0) is 90.5 Å². The van der Waals surface area contributed by atoms with Gasteiger partial charge in [-0.15, -0.1) is 0 Å². The molecule has 2 fully saturated rings. The zero-order chi connectivity index (χ0) is 35.6. The van der Waals surface area contributed by atoms with E-state index in [4.69, 9.17) is 52.1 Å². The lowest BCUT2D eigenvalue weighted by Crippen LogP contribution is -2.65. The molecular formula is C28H38O19. The lowest BCUT2D eigenvalue weighted by Gasteiger charge is -2.46. The van der Waals surface area contributed by atoms with Crippen molar-refractivity contribution in [2.24, 2.45) is 0 Å². The van der Waals surface area contributed by atoms with E-state index in [0.29, 0.717) is 0 Å². The van der Waals surface area contributed by atoms with Crippen molar-refractivity contribution in [2.45, 2.75) is 117 Å². The Kier molecular flexibility index (Phi) is 14.5. The molecule has 0 aromatic heterocycles. The van der Waals surface area contributed by atoms with Gasteiger partial charge in [-0.25, -0.2) is 0 Å². The lowest BCUT2D eigenvalue weighted by molar-refractivity contribution is -0.331. The number of carbonyl (C=O) groups excluding carboxylic acids is 8. The third-order valence-electron chi connectivity index (χ3n) is 6.15. The second kappa shape index (κ2) is 17.5. The Morgan fingerprint density at radius 3 is 1.09 bits per heavy atom. The van der Waals surface area contributed by atoms with Crippen molar-refractivity contribution in [1.29, 1.82) is 0 Å². The van der Waals surface area contributed by atoms with Crippen molar-refractivity contribution < 1.29 is 90.5 Å². The highest BCUT2D eigenvalue weighted by Gasteiger charge is 2.56. The lowest BCUT2D eigenvalue weighted by atomic mass is 9.97. The van der Waals surface area contributed by atoms with Crippen LogP contribution in [0.3, 0.4) is 0 Å². The quantitative estimate of drug-likeness (QED) is 0.181. The third-order valence-corrected chi connectivity index (χ3v) is 6.15. The summed E-state index contributed by atoms with van der Waals surface area (Å²) < 4.78 is 59.8. The van der Waals surface area contributed by atoms with Crippen molar-refractivity contribution in [3.8, 4) is 0 Å². The third kappa shape index (κ3) is 12.1. The minimum absolute atomic E-state index is 0.541. The fourth-order valence-electron chi connectivity index (χ4n) is 4.76. The Morgan fingerprint density at radius 2 is 0.702 bits per heavy atom. The van der Waals surface area contributed by atoms with Gasteiger partial charge in [0, 0.05) is 55.4 Å². The maximum atomic E-state index is 12.1. The molecule has 19 heteroatoms. The number of rotatable bonds is 12. The van der Waals surface area contributed by atoms with Gasteiger partial charge in [0.15, 0.2) is 36.8 Å². The molecule has 0 saturated carbocycles. The average molecular weight is 679 g/mol. The number of hydrogen-bond acceptors (Lipinski definition) is 19. The molecule has 0 bridgehead atoms. The molecule has 2 heterocycles. The Hall–Kier alpha value is -4.36. The number of ether oxygens (including phenoxy) is 11. The summed E-state index contributed by atoms with van der Waals surface area (Å²) in [6.07, 6.45) is -15.6. The molecule has 10 atom stereocenters. The standard InChI is InChI=1S/C28H38O19/c1-11(29)37-9-19-21(39-12(2)30)23(41-14(4)32)25(43-16(6)34)27(46-19)38-10-20-22(40-13(3)31)24(42-15(5)33)26(44-17(7)35)28(47-20)45-18(8)36/h19-28H,9-10H2,1-8H3/t19-,20-,21-,22-,23+,24+,25-,26-,27-,28-/m1/s1. The maximum absolute atomic E-state index is 12.1. The number of carbonyl (C=O) groups is 8. The van der Waals surface area contributed by atoms with Gasteiger partial charge in [-0.1, -0.05) is 0 Å². The molecule has 264 valence electrons. The molecule has 2 saturated heterocycles. The molecule has 0 N–H and O–H groups in total. The van der Waals surface area contributed by atoms with Gasteiger partial charge in [0.2, 0.25) is 12.4 Å². The van der Waals surface area contributed by atoms with Crippen LogP contribution in [0.2, 0.25) is 0 Å². The summed E-state index contributed by atoms with van der Waals surface area (Å²) in [4.78, 5) is 95.9. The highest BCUT2D eigenvalue weighted by molar-refractivity contribution is 5.70. The highest BCUT2D eigenvalue weighted by Crippen LogP contribution is 2.33. The molecule has 0 amide bonds. The fourth-order valence-corrected chi connectivity index (χ4v) is 4.76. The van der Waals surface area contributed by atoms with E-state index in [-0.39, 0.29) is 0 Å². The number of esters is 8. The van der Waals surface area contributed by atoms with Crippen molar-refractivity contribution in [3.05, 3.63) is 0 Å². The summed E-state index contributed by atoms with van der Waals surface area (Å²) >= 11 is 0. The zero-order valence-corrected chi connectivity index (χ0v) is 26.9. The first kappa shape index (κ1) is 38.8. The zero-order valence-electron chi connectivity index (χ0n) is 26.9. The Bertz CT molecular complexity index is 1200. The molecule has 0 aromatic carbocycles. The van der Waals surface area contributed by atoms with Gasteiger partial charge >= 0.3 is 47.8 Å². The summed E-state index contributed by atoms with van der Waals surface area (Å²) in [7, 11) is 0. The molecule has 47 heavy (non-hydrogen) atoms. The Balaban J connectivity index is 2.56. The molecule has 0 radical (unpaired) electrons. The van der Waals surface area contributed by atoms with E-state index >= 15 is 0 Å². The summed E-state index contributed by atoms with van der Waals surface area (Å²) in [5.74, 6) is -6.93. The highest BCUT2D eigenvalue weighted by atomic mass is 16.8. The largest absolute Gasteiger partial charge is 0.463 e. The van der Waals surface area contributed by atoms with E-state index in [1.807, 2.05) is 0 Å². The SMILES string of the molecule is CC(=O)OC[C@H]1O[C@@H](OC[C@H]2O[C@@H](OC(C)=O)[C@H](OC(C)=O)[C@@H](OC(C)=O)[C@@H]2OC(C)=O)[C@H](OC(C)=O)[C@@H](OC(C)=O)[C@@H]1OC(C)=O.